The van der Waals surface area contributed by atoms with Crippen molar-refractivity contribution in [2.45, 2.75) is 32.0 Å². The van der Waals surface area contributed by atoms with E-state index >= 15 is 0 Å². The largest absolute Gasteiger partial charge is 0.386 e. The van der Waals surface area contributed by atoms with Gasteiger partial charge in [0.2, 0.25) is 0 Å². The van der Waals surface area contributed by atoms with Crippen LogP contribution in [0.4, 0.5) is 0 Å². The van der Waals surface area contributed by atoms with Crippen LogP contribution in [0.3, 0.4) is 0 Å². The van der Waals surface area contributed by atoms with Gasteiger partial charge in [0, 0.05) is 39.8 Å². The Morgan fingerprint density at radius 1 is 1.29 bits per heavy atom. The van der Waals surface area contributed by atoms with Crippen LogP contribution in [0.15, 0.2) is 0 Å². The molecule has 5 N–H and O–H groups in total. The van der Waals surface area contributed by atoms with Crippen molar-refractivity contribution in [3.05, 3.63) is 0 Å². The molecule has 0 bridgehead atoms. The van der Waals surface area contributed by atoms with E-state index in [4.69, 9.17) is 15.3 Å². The van der Waals surface area contributed by atoms with E-state index in [0.29, 0.717) is 43.8 Å². The van der Waals surface area contributed by atoms with E-state index in [-0.39, 0.29) is 12.8 Å². The van der Waals surface area contributed by atoms with Crippen LogP contribution in [0.5, 0.6) is 0 Å². The molecule has 0 aromatic carbocycles. The molecule has 0 rings (SSSR count). The SMILES string of the molecule is CCCC(COC)ONCCN(CCN)CC(O)C[N+](C)(C)CO. The third kappa shape index (κ3) is 12.1. The average molecular weight is 352 g/mol. The molecule has 0 fully saturated rings. The van der Waals surface area contributed by atoms with Crippen LogP contribution < -0.4 is 11.2 Å². The number of rotatable bonds is 16. The second-order valence-corrected chi connectivity index (χ2v) is 6.88. The number of hydrogen-bond acceptors (Lipinski definition) is 7. The zero-order chi connectivity index (χ0) is 18.4. The molecule has 0 heterocycles. The lowest BCUT2D eigenvalue weighted by Crippen LogP contribution is -2.50. The second kappa shape index (κ2) is 13.9. The highest BCUT2D eigenvalue weighted by molar-refractivity contribution is 4.66. The van der Waals surface area contributed by atoms with E-state index in [1.54, 1.807) is 7.11 Å². The van der Waals surface area contributed by atoms with Gasteiger partial charge in [-0.2, -0.15) is 0 Å². The topological polar surface area (TPSA) is 100 Å². The van der Waals surface area contributed by atoms with E-state index in [1.807, 2.05) is 14.1 Å². The van der Waals surface area contributed by atoms with Crippen LogP contribution in [0.2, 0.25) is 0 Å². The molecule has 8 heteroatoms. The van der Waals surface area contributed by atoms with Gasteiger partial charge in [-0.1, -0.05) is 13.3 Å². The molecule has 0 spiro atoms. The Labute approximate surface area is 147 Å². The van der Waals surface area contributed by atoms with Crippen molar-refractivity contribution < 1.29 is 24.3 Å². The fourth-order valence-corrected chi connectivity index (χ4v) is 2.53. The maximum Gasteiger partial charge on any atom is 0.179 e. The molecule has 2 unspecified atom stereocenters. The molecule has 0 aliphatic rings. The van der Waals surface area contributed by atoms with E-state index in [9.17, 15) is 10.2 Å². The summed E-state index contributed by atoms with van der Waals surface area (Å²) in [4.78, 5) is 7.72. The fraction of sp³-hybridized carbons (Fsp3) is 1.00. The maximum absolute atomic E-state index is 10.2. The molecule has 0 saturated carbocycles. The predicted octanol–water partition coefficient (Wildman–Crippen LogP) is -1.03. The molecular formula is C16H39N4O4+. The molecule has 0 aliphatic heterocycles. The van der Waals surface area contributed by atoms with Gasteiger partial charge in [-0.05, 0) is 6.42 Å². The minimum atomic E-state index is -0.513. The number of ether oxygens (including phenoxy) is 1. The van der Waals surface area contributed by atoms with Gasteiger partial charge < -0.3 is 25.2 Å². The highest BCUT2D eigenvalue weighted by atomic mass is 16.7. The number of aliphatic hydroxyl groups is 2. The van der Waals surface area contributed by atoms with E-state index < -0.39 is 6.10 Å². The Morgan fingerprint density at radius 3 is 2.54 bits per heavy atom. The summed E-state index contributed by atoms with van der Waals surface area (Å²) in [6.07, 6.45) is 1.53. The summed E-state index contributed by atoms with van der Waals surface area (Å²) >= 11 is 0. The number of nitrogens with zero attached hydrogens (tertiary/aromatic N) is 2. The molecule has 24 heavy (non-hydrogen) atoms. The second-order valence-electron chi connectivity index (χ2n) is 6.88. The van der Waals surface area contributed by atoms with Crippen LogP contribution in [0.1, 0.15) is 19.8 Å². The third-order valence-electron chi connectivity index (χ3n) is 3.75. The molecule has 0 aliphatic carbocycles. The zero-order valence-corrected chi connectivity index (χ0v) is 15.9. The number of aliphatic hydroxyl groups excluding tert-OH is 2. The Morgan fingerprint density at radius 2 is 2.00 bits per heavy atom. The summed E-state index contributed by atoms with van der Waals surface area (Å²) in [5, 5.41) is 19.5. The van der Waals surface area contributed by atoms with Crippen LogP contribution in [-0.4, -0.2) is 106 Å². The molecule has 8 nitrogen and oxygen atoms in total. The molecule has 0 saturated heterocycles. The van der Waals surface area contributed by atoms with Crippen LogP contribution >= 0.6 is 0 Å². The number of hydroxylamine groups is 1. The number of likely N-dealkylation sites (N-methyl/N-ethyl adjacent to an activating group) is 1. The molecule has 0 amide bonds. The van der Waals surface area contributed by atoms with Crippen molar-refractivity contribution in [2.75, 3.05) is 73.8 Å². The number of hydrogen-bond donors (Lipinski definition) is 4. The Hall–Kier alpha value is -0.320. The summed E-state index contributed by atoms with van der Waals surface area (Å²) in [6.45, 7) is 6.33. The van der Waals surface area contributed by atoms with Gasteiger partial charge in [-0.3, -0.25) is 9.74 Å². The fourth-order valence-electron chi connectivity index (χ4n) is 2.53. The normalized spacial score (nSPS) is 15.0. The van der Waals surface area contributed by atoms with Gasteiger partial charge in [-0.25, -0.2) is 5.48 Å². The lowest BCUT2D eigenvalue weighted by atomic mass is 10.2. The maximum atomic E-state index is 10.2. The highest BCUT2D eigenvalue weighted by Crippen LogP contribution is 2.02. The van der Waals surface area contributed by atoms with Crippen molar-refractivity contribution >= 4 is 0 Å². The first-order valence-electron chi connectivity index (χ1n) is 8.79. The Balaban J connectivity index is 4.14. The lowest BCUT2D eigenvalue weighted by molar-refractivity contribution is -0.911. The predicted molar refractivity (Wildman–Crippen MR) is 95.2 cm³/mol. The first-order chi connectivity index (χ1) is 11.4. The van der Waals surface area contributed by atoms with Gasteiger partial charge in [0.1, 0.15) is 18.8 Å². The highest BCUT2D eigenvalue weighted by Gasteiger charge is 2.21. The molecular weight excluding hydrogens is 312 g/mol. The number of nitrogens with one attached hydrogen (secondary N) is 1. The standard InChI is InChI=1S/C16H39N4O4/c1-5-6-16(13-23-4)24-18-8-10-19(9-7-17)11-15(22)12-20(2,3)14-21/h15-16,18,21-22H,5-14,17H2,1-4H3/q+1. The number of nitrogens with two attached hydrogens (primary N) is 1. The lowest BCUT2D eigenvalue weighted by Gasteiger charge is -2.31. The van der Waals surface area contributed by atoms with Crippen molar-refractivity contribution in [3.63, 3.8) is 0 Å². The molecule has 0 aromatic rings. The Bertz CT molecular complexity index is 289. The van der Waals surface area contributed by atoms with Crippen LogP contribution in [0.25, 0.3) is 0 Å². The summed E-state index contributed by atoms with van der Waals surface area (Å²) in [5.41, 5.74) is 8.64. The monoisotopic (exact) mass is 351 g/mol. The molecule has 2 atom stereocenters. The quantitative estimate of drug-likeness (QED) is 0.122. The third-order valence-corrected chi connectivity index (χ3v) is 3.75. The van der Waals surface area contributed by atoms with Gasteiger partial charge in [-0.15, -0.1) is 0 Å². The smallest absolute Gasteiger partial charge is 0.179 e. The van der Waals surface area contributed by atoms with E-state index in [2.05, 4.69) is 17.3 Å². The first-order valence-corrected chi connectivity index (χ1v) is 8.79. The minimum absolute atomic E-state index is 0.00165. The van der Waals surface area contributed by atoms with Crippen molar-refractivity contribution in [1.82, 2.24) is 10.4 Å². The first kappa shape index (κ1) is 23.7. The van der Waals surface area contributed by atoms with Crippen LogP contribution in [0, 0.1) is 0 Å². The Kier molecular flexibility index (Phi) is 13.7. The van der Waals surface area contributed by atoms with Crippen molar-refractivity contribution in [3.8, 4) is 0 Å². The average Bonchev–Trinajstić information content (AvgIpc) is 2.51. The van der Waals surface area contributed by atoms with Gasteiger partial charge >= 0.3 is 0 Å². The molecule has 0 radical (unpaired) electrons. The molecule has 146 valence electrons. The van der Waals surface area contributed by atoms with Gasteiger partial charge in [0.25, 0.3) is 0 Å². The summed E-state index contributed by atoms with van der Waals surface area (Å²) in [5.74, 6) is 0. The van der Waals surface area contributed by atoms with Gasteiger partial charge in [0.05, 0.1) is 20.7 Å². The molecule has 0 aromatic heterocycles. The van der Waals surface area contributed by atoms with E-state index in [0.717, 1.165) is 19.4 Å². The van der Waals surface area contributed by atoms with E-state index in [1.165, 1.54) is 0 Å². The van der Waals surface area contributed by atoms with Crippen LogP contribution in [-0.2, 0) is 9.57 Å². The van der Waals surface area contributed by atoms with Crippen molar-refractivity contribution in [2.24, 2.45) is 5.73 Å². The summed E-state index contributed by atoms with van der Waals surface area (Å²) in [6, 6.07) is 0. The van der Waals surface area contributed by atoms with Gasteiger partial charge in [0.15, 0.2) is 6.73 Å². The number of quaternary nitrogens is 1. The zero-order valence-electron chi connectivity index (χ0n) is 15.9. The minimum Gasteiger partial charge on any atom is -0.386 e. The summed E-state index contributed by atoms with van der Waals surface area (Å²) in [7, 11) is 5.44. The number of methoxy groups -OCH3 is 1. The summed E-state index contributed by atoms with van der Waals surface area (Å²) < 4.78 is 5.51. The van der Waals surface area contributed by atoms with Crippen molar-refractivity contribution in [1.29, 1.82) is 0 Å².